The third kappa shape index (κ3) is 3.03. The van der Waals surface area contributed by atoms with Crippen molar-refractivity contribution in [3.63, 3.8) is 0 Å². The number of rotatable bonds is 2. The number of anilines is 1. The van der Waals surface area contributed by atoms with E-state index in [1.54, 1.807) is 7.11 Å². The van der Waals surface area contributed by atoms with E-state index in [1.807, 2.05) is 0 Å². The summed E-state index contributed by atoms with van der Waals surface area (Å²) in [6.45, 7) is 8.40. The van der Waals surface area contributed by atoms with E-state index >= 15 is 0 Å². The largest absolute Gasteiger partial charge is 0.494 e. The van der Waals surface area contributed by atoms with E-state index in [2.05, 4.69) is 43.9 Å². The number of hydrogen-bond acceptors (Lipinski definition) is 3. The van der Waals surface area contributed by atoms with Crippen LogP contribution in [0, 0.1) is 0 Å². The summed E-state index contributed by atoms with van der Waals surface area (Å²) < 4.78 is 5.68. The minimum atomic E-state index is -0.145. The Labute approximate surface area is 116 Å². The molecule has 0 bridgehead atoms. The number of piperidine rings is 1. The highest BCUT2D eigenvalue weighted by molar-refractivity contribution is 5.63. The van der Waals surface area contributed by atoms with Gasteiger partial charge >= 0.3 is 0 Å². The van der Waals surface area contributed by atoms with Gasteiger partial charge < -0.3 is 14.7 Å². The Kier molecular flexibility index (Phi) is 4.04. The molecule has 1 aromatic rings. The molecule has 0 amide bonds. The monoisotopic (exact) mass is 263 g/mol. The van der Waals surface area contributed by atoms with Crippen molar-refractivity contribution >= 4 is 5.69 Å². The van der Waals surface area contributed by atoms with Crippen molar-refractivity contribution in [3.05, 3.63) is 23.8 Å². The predicted molar refractivity (Wildman–Crippen MR) is 79.1 cm³/mol. The minimum Gasteiger partial charge on any atom is -0.494 e. The number of aliphatic hydroxyl groups is 1. The van der Waals surface area contributed by atoms with Gasteiger partial charge in [-0.3, -0.25) is 0 Å². The van der Waals surface area contributed by atoms with Crippen LogP contribution < -0.4 is 9.64 Å². The molecule has 3 nitrogen and oxygen atoms in total. The molecular weight excluding hydrogens is 238 g/mol. The summed E-state index contributed by atoms with van der Waals surface area (Å²) in [5.74, 6) is 0.978. The minimum absolute atomic E-state index is 0.0661. The second kappa shape index (κ2) is 5.41. The molecule has 1 heterocycles. The molecule has 1 fully saturated rings. The standard InChI is InChI=1S/C16H25NO2/c1-16(2,3)13-6-5-7-14(15(13)19-4)17-10-8-12(18)9-11-17/h5-7,12,18H,8-11H2,1-4H3. The fourth-order valence-electron chi connectivity index (χ4n) is 2.69. The van der Waals surface area contributed by atoms with Gasteiger partial charge in [0.25, 0.3) is 0 Å². The van der Waals surface area contributed by atoms with Gasteiger partial charge in [0.1, 0.15) is 5.75 Å². The van der Waals surface area contributed by atoms with Crippen molar-refractivity contribution in [3.8, 4) is 5.75 Å². The molecular formula is C16H25NO2. The molecule has 2 rings (SSSR count). The molecule has 19 heavy (non-hydrogen) atoms. The van der Waals surface area contributed by atoms with Gasteiger partial charge in [0.2, 0.25) is 0 Å². The quantitative estimate of drug-likeness (QED) is 0.890. The molecule has 1 aliphatic rings. The lowest BCUT2D eigenvalue weighted by atomic mass is 9.85. The van der Waals surface area contributed by atoms with Gasteiger partial charge in [0, 0.05) is 18.7 Å². The number of methoxy groups -OCH3 is 1. The highest BCUT2D eigenvalue weighted by Crippen LogP contribution is 2.39. The fraction of sp³-hybridized carbons (Fsp3) is 0.625. The molecule has 0 aromatic heterocycles. The zero-order chi connectivity index (χ0) is 14.0. The summed E-state index contributed by atoms with van der Waals surface area (Å²) in [4.78, 5) is 2.32. The zero-order valence-electron chi connectivity index (χ0n) is 12.4. The number of nitrogens with zero attached hydrogens (tertiary/aromatic N) is 1. The van der Waals surface area contributed by atoms with Gasteiger partial charge in [-0.1, -0.05) is 32.9 Å². The lowest BCUT2D eigenvalue weighted by Crippen LogP contribution is -2.36. The summed E-state index contributed by atoms with van der Waals surface area (Å²) in [6, 6.07) is 6.36. The fourth-order valence-corrected chi connectivity index (χ4v) is 2.69. The van der Waals surface area contributed by atoms with Crippen molar-refractivity contribution in [1.29, 1.82) is 0 Å². The second-order valence-electron chi connectivity index (χ2n) is 6.33. The molecule has 1 aromatic carbocycles. The molecule has 1 aliphatic heterocycles. The van der Waals surface area contributed by atoms with Crippen molar-refractivity contribution in [2.45, 2.75) is 45.1 Å². The third-order valence-corrected chi connectivity index (χ3v) is 3.81. The van der Waals surface area contributed by atoms with Crippen molar-refractivity contribution in [1.82, 2.24) is 0 Å². The predicted octanol–water partition coefficient (Wildman–Crippen LogP) is 2.95. The van der Waals surface area contributed by atoms with E-state index in [0.717, 1.165) is 37.4 Å². The van der Waals surface area contributed by atoms with E-state index in [1.165, 1.54) is 5.56 Å². The molecule has 106 valence electrons. The summed E-state index contributed by atoms with van der Waals surface area (Å²) in [7, 11) is 1.74. The van der Waals surface area contributed by atoms with Gasteiger partial charge in [0.15, 0.2) is 0 Å². The number of para-hydroxylation sites is 1. The van der Waals surface area contributed by atoms with Crippen LogP contribution in [-0.2, 0) is 5.41 Å². The Morgan fingerprint density at radius 1 is 1.21 bits per heavy atom. The van der Waals surface area contributed by atoms with E-state index in [0.29, 0.717) is 0 Å². The van der Waals surface area contributed by atoms with Crippen LogP contribution in [0.5, 0.6) is 5.75 Å². The molecule has 1 N–H and O–H groups in total. The molecule has 0 saturated carbocycles. The highest BCUT2D eigenvalue weighted by atomic mass is 16.5. The van der Waals surface area contributed by atoms with Crippen LogP contribution in [-0.4, -0.2) is 31.4 Å². The van der Waals surface area contributed by atoms with Gasteiger partial charge in [0.05, 0.1) is 18.9 Å². The van der Waals surface area contributed by atoms with Gasteiger partial charge in [-0.05, 0) is 24.3 Å². The Bertz CT molecular complexity index is 429. The Hall–Kier alpha value is -1.22. The van der Waals surface area contributed by atoms with E-state index in [4.69, 9.17) is 4.74 Å². The van der Waals surface area contributed by atoms with Gasteiger partial charge in [-0.25, -0.2) is 0 Å². The summed E-state index contributed by atoms with van der Waals surface area (Å²) >= 11 is 0. The zero-order valence-corrected chi connectivity index (χ0v) is 12.4. The summed E-state index contributed by atoms with van der Waals surface area (Å²) in [5, 5.41) is 9.63. The third-order valence-electron chi connectivity index (χ3n) is 3.81. The van der Waals surface area contributed by atoms with Crippen molar-refractivity contribution in [2.75, 3.05) is 25.1 Å². The number of hydrogen-bond donors (Lipinski definition) is 1. The second-order valence-corrected chi connectivity index (χ2v) is 6.33. The lowest BCUT2D eigenvalue weighted by Gasteiger charge is -2.34. The number of aliphatic hydroxyl groups excluding tert-OH is 1. The van der Waals surface area contributed by atoms with Gasteiger partial charge in [-0.2, -0.15) is 0 Å². The summed E-state index contributed by atoms with van der Waals surface area (Å²) in [5.41, 5.74) is 2.46. The number of benzene rings is 1. The normalized spacial score (nSPS) is 17.6. The molecule has 0 unspecified atom stereocenters. The summed E-state index contributed by atoms with van der Waals surface area (Å²) in [6.07, 6.45) is 1.53. The average Bonchev–Trinajstić information content (AvgIpc) is 2.37. The maximum Gasteiger partial charge on any atom is 0.145 e. The first-order chi connectivity index (χ1) is 8.93. The first kappa shape index (κ1) is 14.2. The van der Waals surface area contributed by atoms with E-state index in [9.17, 15) is 5.11 Å². The Morgan fingerprint density at radius 3 is 2.37 bits per heavy atom. The maximum absolute atomic E-state index is 9.63. The highest BCUT2D eigenvalue weighted by Gasteiger charge is 2.25. The first-order valence-electron chi connectivity index (χ1n) is 7.04. The average molecular weight is 263 g/mol. The van der Waals surface area contributed by atoms with Crippen LogP contribution >= 0.6 is 0 Å². The Morgan fingerprint density at radius 2 is 1.84 bits per heavy atom. The van der Waals surface area contributed by atoms with Crippen LogP contribution in [0.2, 0.25) is 0 Å². The smallest absolute Gasteiger partial charge is 0.145 e. The lowest BCUT2D eigenvalue weighted by molar-refractivity contribution is 0.145. The molecule has 0 aliphatic carbocycles. The molecule has 3 heteroatoms. The van der Waals surface area contributed by atoms with Crippen LogP contribution in [0.1, 0.15) is 39.2 Å². The topological polar surface area (TPSA) is 32.7 Å². The van der Waals surface area contributed by atoms with Crippen LogP contribution in [0.4, 0.5) is 5.69 Å². The molecule has 0 spiro atoms. The first-order valence-corrected chi connectivity index (χ1v) is 7.04. The number of ether oxygens (including phenoxy) is 1. The van der Waals surface area contributed by atoms with Crippen molar-refractivity contribution in [2.24, 2.45) is 0 Å². The van der Waals surface area contributed by atoms with Crippen LogP contribution in [0.25, 0.3) is 0 Å². The molecule has 0 atom stereocenters. The van der Waals surface area contributed by atoms with Gasteiger partial charge in [-0.15, -0.1) is 0 Å². The van der Waals surface area contributed by atoms with E-state index in [-0.39, 0.29) is 11.5 Å². The van der Waals surface area contributed by atoms with Crippen LogP contribution in [0.3, 0.4) is 0 Å². The maximum atomic E-state index is 9.63. The molecule has 1 saturated heterocycles. The Balaban J connectivity index is 2.35. The SMILES string of the molecule is COc1c(N2CCC(O)CC2)cccc1C(C)(C)C. The van der Waals surface area contributed by atoms with Crippen molar-refractivity contribution < 1.29 is 9.84 Å². The van der Waals surface area contributed by atoms with Crippen LogP contribution in [0.15, 0.2) is 18.2 Å². The van der Waals surface area contributed by atoms with E-state index < -0.39 is 0 Å². The molecule has 0 radical (unpaired) electrons.